The van der Waals surface area contributed by atoms with E-state index in [9.17, 15) is 0 Å². The van der Waals surface area contributed by atoms with Gasteiger partial charge in [0.05, 0.1) is 5.54 Å². The fourth-order valence-electron chi connectivity index (χ4n) is 4.62. The van der Waals surface area contributed by atoms with Crippen LogP contribution >= 0.6 is 0 Å². The van der Waals surface area contributed by atoms with Crippen LogP contribution in [0, 0.1) is 13.8 Å². The zero-order valence-corrected chi connectivity index (χ0v) is 16.5. The minimum Gasteiger partial charge on any atom is -0.449 e. The van der Waals surface area contributed by atoms with E-state index in [1.807, 2.05) is 6.92 Å². The third-order valence-corrected chi connectivity index (χ3v) is 6.13. The Morgan fingerprint density at radius 3 is 2.79 bits per heavy atom. The van der Waals surface area contributed by atoms with Crippen LogP contribution in [0.1, 0.15) is 35.6 Å². The van der Waals surface area contributed by atoms with Crippen LogP contribution in [-0.2, 0) is 13.0 Å². The lowest BCUT2D eigenvalue weighted by molar-refractivity contribution is 0.303. The standard InChI is InChI=1S/C23H26N4O/c1-16-20(21-14-28-17(2)25-21)12-19-8-9-23(26-22(19)24-16)10-11-27(15-23)13-18-6-4-3-5-7-18/h3-7,12,14H,8-11,13,15H2,1-2H3,(H,24,26). The van der Waals surface area contributed by atoms with Gasteiger partial charge in [0.2, 0.25) is 0 Å². The van der Waals surface area contributed by atoms with E-state index in [1.54, 1.807) is 6.26 Å². The summed E-state index contributed by atoms with van der Waals surface area (Å²) in [6.07, 6.45) is 5.10. The molecule has 1 saturated heterocycles. The number of rotatable bonds is 3. The number of nitrogens with one attached hydrogen (secondary N) is 1. The fraction of sp³-hybridized carbons (Fsp3) is 0.391. The van der Waals surface area contributed by atoms with E-state index in [0.717, 1.165) is 55.2 Å². The van der Waals surface area contributed by atoms with Gasteiger partial charge in [0.25, 0.3) is 0 Å². The Kier molecular flexibility index (Phi) is 4.20. The predicted octanol–water partition coefficient (Wildman–Crippen LogP) is 4.36. The summed E-state index contributed by atoms with van der Waals surface area (Å²) in [5, 5.41) is 3.82. The molecule has 0 saturated carbocycles. The van der Waals surface area contributed by atoms with Crippen molar-refractivity contribution in [1.29, 1.82) is 0 Å². The zero-order valence-electron chi connectivity index (χ0n) is 16.5. The predicted molar refractivity (Wildman–Crippen MR) is 110 cm³/mol. The first-order valence-corrected chi connectivity index (χ1v) is 10.1. The van der Waals surface area contributed by atoms with Crippen molar-refractivity contribution in [2.24, 2.45) is 0 Å². The first-order chi connectivity index (χ1) is 13.6. The van der Waals surface area contributed by atoms with Crippen LogP contribution in [0.4, 0.5) is 5.82 Å². The SMILES string of the molecule is Cc1nc(-c2cc3c(nc2C)NC2(CC3)CCN(Cc3ccccc3)C2)co1. The monoisotopic (exact) mass is 374 g/mol. The number of hydrogen-bond acceptors (Lipinski definition) is 5. The van der Waals surface area contributed by atoms with Crippen molar-refractivity contribution in [2.45, 2.75) is 45.2 Å². The highest BCUT2D eigenvalue weighted by Crippen LogP contribution is 2.38. The Morgan fingerprint density at radius 1 is 1.14 bits per heavy atom. The average Bonchev–Trinajstić information content (AvgIpc) is 3.28. The van der Waals surface area contributed by atoms with Crippen molar-refractivity contribution in [2.75, 3.05) is 18.4 Å². The molecule has 2 aromatic heterocycles. The lowest BCUT2D eigenvalue weighted by Crippen LogP contribution is -2.44. The van der Waals surface area contributed by atoms with Gasteiger partial charge in [0, 0.05) is 37.8 Å². The summed E-state index contributed by atoms with van der Waals surface area (Å²) in [4.78, 5) is 12.0. The van der Waals surface area contributed by atoms with Gasteiger partial charge in [0.1, 0.15) is 17.8 Å². The zero-order chi connectivity index (χ0) is 19.1. The molecule has 2 aliphatic rings. The Bertz CT molecular complexity index is 997. The second-order valence-electron chi connectivity index (χ2n) is 8.23. The molecule has 5 nitrogen and oxygen atoms in total. The Labute approximate surface area is 165 Å². The number of oxazole rings is 1. The van der Waals surface area contributed by atoms with E-state index in [1.165, 1.54) is 17.5 Å². The number of nitrogens with zero attached hydrogens (tertiary/aromatic N) is 3. The molecule has 1 unspecified atom stereocenters. The van der Waals surface area contributed by atoms with E-state index in [-0.39, 0.29) is 5.54 Å². The number of aromatic nitrogens is 2. The number of aryl methyl sites for hydroxylation is 3. The normalized spacial score (nSPS) is 21.6. The maximum atomic E-state index is 5.39. The molecule has 4 heterocycles. The highest BCUT2D eigenvalue weighted by atomic mass is 16.3. The molecule has 0 radical (unpaired) electrons. The average molecular weight is 374 g/mol. The van der Waals surface area contributed by atoms with E-state index in [0.29, 0.717) is 5.89 Å². The number of pyridine rings is 1. The fourth-order valence-corrected chi connectivity index (χ4v) is 4.62. The van der Waals surface area contributed by atoms with E-state index >= 15 is 0 Å². The van der Waals surface area contributed by atoms with Gasteiger partial charge in [0.15, 0.2) is 5.89 Å². The van der Waals surface area contributed by atoms with Crippen molar-refractivity contribution in [3.8, 4) is 11.3 Å². The molecular weight excluding hydrogens is 348 g/mol. The van der Waals surface area contributed by atoms with Crippen molar-refractivity contribution in [3.63, 3.8) is 0 Å². The molecule has 0 bridgehead atoms. The lowest BCUT2D eigenvalue weighted by atomic mass is 9.86. The molecule has 5 rings (SSSR count). The Balaban J connectivity index is 1.35. The molecule has 0 aliphatic carbocycles. The summed E-state index contributed by atoms with van der Waals surface area (Å²) in [6.45, 7) is 7.16. The molecule has 5 heteroatoms. The molecule has 1 spiro atoms. The largest absolute Gasteiger partial charge is 0.449 e. The third kappa shape index (κ3) is 3.20. The number of hydrogen-bond donors (Lipinski definition) is 1. The van der Waals surface area contributed by atoms with Crippen molar-refractivity contribution >= 4 is 5.82 Å². The molecule has 1 fully saturated rings. The molecular formula is C23H26N4O. The molecule has 1 N–H and O–H groups in total. The summed E-state index contributed by atoms with van der Waals surface area (Å²) < 4.78 is 5.39. The van der Waals surface area contributed by atoms with Crippen LogP contribution in [0.15, 0.2) is 47.1 Å². The van der Waals surface area contributed by atoms with Gasteiger partial charge < -0.3 is 9.73 Å². The van der Waals surface area contributed by atoms with Gasteiger partial charge in [-0.15, -0.1) is 0 Å². The van der Waals surface area contributed by atoms with Crippen molar-refractivity contribution < 1.29 is 4.42 Å². The molecule has 1 aromatic carbocycles. The molecule has 2 aliphatic heterocycles. The second-order valence-corrected chi connectivity index (χ2v) is 8.23. The Hall–Kier alpha value is -2.66. The second kappa shape index (κ2) is 6.74. The van der Waals surface area contributed by atoms with Crippen LogP contribution in [0.2, 0.25) is 0 Å². The molecule has 1 atom stereocenters. The van der Waals surface area contributed by atoms with Crippen LogP contribution in [0.5, 0.6) is 0 Å². The molecule has 144 valence electrons. The van der Waals surface area contributed by atoms with Gasteiger partial charge in [-0.05, 0) is 43.4 Å². The van der Waals surface area contributed by atoms with Gasteiger partial charge in [-0.2, -0.15) is 0 Å². The molecule has 0 amide bonds. The third-order valence-electron chi connectivity index (χ3n) is 6.13. The summed E-state index contributed by atoms with van der Waals surface area (Å²) >= 11 is 0. The highest BCUT2D eigenvalue weighted by Gasteiger charge is 2.40. The van der Waals surface area contributed by atoms with E-state index in [2.05, 4.69) is 58.5 Å². The minimum absolute atomic E-state index is 0.146. The minimum atomic E-state index is 0.146. The topological polar surface area (TPSA) is 54.2 Å². The number of likely N-dealkylation sites (tertiary alicyclic amines) is 1. The summed E-state index contributed by atoms with van der Waals surface area (Å²) in [7, 11) is 0. The summed E-state index contributed by atoms with van der Waals surface area (Å²) in [5.74, 6) is 1.74. The van der Waals surface area contributed by atoms with Gasteiger partial charge in [-0.3, -0.25) is 4.90 Å². The van der Waals surface area contributed by atoms with Crippen molar-refractivity contribution in [3.05, 3.63) is 65.4 Å². The first-order valence-electron chi connectivity index (χ1n) is 10.1. The highest BCUT2D eigenvalue weighted by molar-refractivity contribution is 5.66. The van der Waals surface area contributed by atoms with E-state index < -0.39 is 0 Å². The van der Waals surface area contributed by atoms with Crippen LogP contribution < -0.4 is 5.32 Å². The molecule has 3 aromatic rings. The van der Waals surface area contributed by atoms with Gasteiger partial charge in [-0.25, -0.2) is 9.97 Å². The van der Waals surface area contributed by atoms with Crippen LogP contribution in [0.3, 0.4) is 0 Å². The first kappa shape index (κ1) is 17.4. The Morgan fingerprint density at radius 2 is 2.00 bits per heavy atom. The molecule has 28 heavy (non-hydrogen) atoms. The summed E-state index contributed by atoms with van der Waals surface area (Å²) in [5.41, 5.74) is 5.76. The quantitative estimate of drug-likeness (QED) is 0.738. The maximum Gasteiger partial charge on any atom is 0.191 e. The van der Waals surface area contributed by atoms with Crippen molar-refractivity contribution in [1.82, 2.24) is 14.9 Å². The smallest absolute Gasteiger partial charge is 0.191 e. The number of anilines is 1. The van der Waals surface area contributed by atoms with Gasteiger partial charge >= 0.3 is 0 Å². The van der Waals surface area contributed by atoms with Crippen LogP contribution in [-0.4, -0.2) is 33.5 Å². The number of fused-ring (bicyclic) bond motifs is 1. The number of benzene rings is 1. The van der Waals surface area contributed by atoms with Gasteiger partial charge in [-0.1, -0.05) is 30.3 Å². The van der Waals surface area contributed by atoms with Crippen LogP contribution in [0.25, 0.3) is 11.3 Å². The lowest BCUT2D eigenvalue weighted by Gasteiger charge is -2.36. The maximum absolute atomic E-state index is 5.39. The summed E-state index contributed by atoms with van der Waals surface area (Å²) in [6, 6.07) is 13.0. The van der Waals surface area contributed by atoms with E-state index in [4.69, 9.17) is 9.40 Å².